The lowest BCUT2D eigenvalue weighted by atomic mass is 9.92. The summed E-state index contributed by atoms with van der Waals surface area (Å²) in [7, 11) is 0. The molecule has 0 radical (unpaired) electrons. The zero-order valence-electron chi connectivity index (χ0n) is 22.1. The van der Waals surface area contributed by atoms with Crippen molar-refractivity contribution in [3.05, 3.63) is 83.2 Å². The lowest BCUT2D eigenvalue weighted by Gasteiger charge is -2.14. The van der Waals surface area contributed by atoms with Crippen molar-refractivity contribution in [2.45, 2.75) is 39.7 Å². The molecule has 11 heteroatoms. The summed E-state index contributed by atoms with van der Waals surface area (Å²) in [6, 6.07) is 10.2. The summed E-state index contributed by atoms with van der Waals surface area (Å²) in [5.74, 6) is 1.48. The SMILES string of the molecule is C=CCn1nc(C(C)(C)C)cc1NC(=O)Nc1ccc(Oc2ccnc3[nH]c(=O)c(C)nc23)c2cccnc12. The predicted octanol–water partition coefficient (Wildman–Crippen LogP) is 5.29. The minimum absolute atomic E-state index is 0.182. The number of allylic oxidation sites excluding steroid dienone is 1. The lowest BCUT2D eigenvalue weighted by Crippen LogP contribution is -2.21. The molecule has 0 aliphatic carbocycles. The van der Waals surface area contributed by atoms with Crippen molar-refractivity contribution in [3.8, 4) is 11.5 Å². The molecular formula is C28H28N8O3. The van der Waals surface area contributed by atoms with Gasteiger partial charge < -0.3 is 15.0 Å². The van der Waals surface area contributed by atoms with Gasteiger partial charge in [0.1, 0.15) is 22.8 Å². The number of anilines is 2. The minimum Gasteiger partial charge on any atom is -0.454 e. The third kappa shape index (κ3) is 5.19. The molecule has 1 aromatic carbocycles. The Morgan fingerprint density at radius 1 is 1.10 bits per heavy atom. The van der Waals surface area contributed by atoms with Crippen LogP contribution in [0.1, 0.15) is 32.2 Å². The number of rotatable bonds is 6. The number of aryl methyl sites for hydroxylation is 1. The summed E-state index contributed by atoms with van der Waals surface area (Å²) < 4.78 is 7.92. The number of nitrogens with one attached hydrogen (secondary N) is 3. The molecule has 0 saturated heterocycles. The maximum atomic E-state index is 13.0. The molecule has 0 aliphatic rings. The molecule has 0 aliphatic heterocycles. The molecule has 0 bridgehead atoms. The third-order valence-electron chi connectivity index (χ3n) is 6.02. The van der Waals surface area contributed by atoms with Crippen molar-refractivity contribution in [1.82, 2.24) is 29.7 Å². The zero-order valence-corrected chi connectivity index (χ0v) is 22.1. The molecule has 4 aromatic heterocycles. The second kappa shape index (κ2) is 10.0. The lowest BCUT2D eigenvalue weighted by molar-refractivity contribution is 0.262. The van der Waals surface area contributed by atoms with Crippen molar-refractivity contribution in [2.75, 3.05) is 10.6 Å². The first-order valence-electron chi connectivity index (χ1n) is 12.3. The quantitative estimate of drug-likeness (QED) is 0.256. The van der Waals surface area contributed by atoms with Crippen molar-refractivity contribution in [3.63, 3.8) is 0 Å². The number of urea groups is 1. The Balaban J connectivity index is 1.44. The number of aromatic nitrogens is 6. The number of carbonyl (C=O) groups is 1. The van der Waals surface area contributed by atoms with Crippen LogP contribution in [-0.2, 0) is 12.0 Å². The Morgan fingerprint density at radius 3 is 2.69 bits per heavy atom. The number of benzene rings is 1. The number of aromatic amines is 1. The van der Waals surface area contributed by atoms with Gasteiger partial charge >= 0.3 is 6.03 Å². The Hall–Kier alpha value is -5.06. The molecule has 2 amide bonds. The van der Waals surface area contributed by atoms with Crippen LogP contribution in [0.5, 0.6) is 11.5 Å². The van der Waals surface area contributed by atoms with Crippen LogP contribution in [0.2, 0.25) is 0 Å². The van der Waals surface area contributed by atoms with E-state index in [4.69, 9.17) is 4.74 Å². The Labute approximate surface area is 224 Å². The van der Waals surface area contributed by atoms with Crippen molar-refractivity contribution in [1.29, 1.82) is 0 Å². The average Bonchev–Trinajstić information content (AvgIpc) is 3.29. The molecule has 11 nitrogen and oxygen atoms in total. The number of nitrogens with zero attached hydrogens (tertiary/aromatic N) is 5. The topological polar surface area (TPSA) is 140 Å². The fourth-order valence-electron chi connectivity index (χ4n) is 4.00. The van der Waals surface area contributed by atoms with E-state index in [2.05, 4.69) is 63.0 Å². The van der Waals surface area contributed by atoms with Gasteiger partial charge in [0, 0.05) is 35.3 Å². The maximum absolute atomic E-state index is 13.0. The summed E-state index contributed by atoms with van der Waals surface area (Å²) in [5.41, 5.74) is 2.46. The first-order valence-corrected chi connectivity index (χ1v) is 12.3. The summed E-state index contributed by atoms with van der Waals surface area (Å²) >= 11 is 0. The van der Waals surface area contributed by atoms with E-state index in [0.717, 1.165) is 5.69 Å². The fourth-order valence-corrected chi connectivity index (χ4v) is 4.00. The van der Waals surface area contributed by atoms with E-state index in [-0.39, 0.29) is 11.0 Å². The van der Waals surface area contributed by atoms with Gasteiger partial charge in [-0.15, -0.1) is 6.58 Å². The molecule has 4 heterocycles. The normalized spacial score (nSPS) is 11.5. The highest BCUT2D eigenvalue weighted by molar-refractivity contribution is 6.06. The van der Waals surface area contributed by atoms with E-state index >= 15 is 0 Å². The molecular weight excluding hydrogens is 496 g/mol. The Kier molecular flexibility index (Phi) is 6.57. The number of carbonyl (C=O) groups excluding carboxylic acids is 1. The standard InChI is InChI=1S/C28H28N8O3/c1-6-14-36-22(15-21(35-36)28(3,4)5)33-27(38)32-18-9-10-19(17-8-7-12-29-23(17)18)39-20-11-13-30-25-24(20)31-16(2)26(37)34-25/h6-13,15H,1,14H2,2-5H3,(H,30,34,37)(H2,32,33,38). The van der Waals surface area contributed by atoms with Crippen LogP contribution >= 0.6 is 0 Å². The van der Waals surface area contributed by atoms with Gasteiger partial charge in [-0.05, 0) is 31.2 Å². The highest BCUT2D eigenvalue weighted by Crippen LogP contribution is 2.35. The summed E-state index contributed by atoms with van der Waals surface area (Å²) in [5, 5.41) is 11.1. The number of hydrogen-bond donors (Lipinski definition) is 3. The summed E-state index contributed by atoms with van der Waals surface area (Å²) in [6.45, 7) is 12.0. The van der Waals surface area contributed by atoms with E-state index in [9.17, 15) is 9.59 Å². The van der Waals surface area contributed by atoms with Gasteiger partial charge in [-0.2, -0.15) is 5.10 Å². The second-order valence-corrected chi connectivity index (χ2v) is 9.99. The predicted molar refractivity (Wildman–Crippen MR) is 150 cm³/mol. The monoisotopic (exact) mass is 524 g/mol. The van der Waals surface area contributed by atoms with Gasteiger partial charge in [0.2, 0.25) is 0 Å². The summed E-state index contributed by atoms with van der Waals surface area (Å²) in [6.07, 6.45) is 4.90. The number of amides is 2. The zero-order chi connectivity index (χ0) is 27.7. The first-order chi connectivity index (χ1) is 18.6. The van der Waals surface area contributed by atoms with Crippen LogP contribution in [0, 0.1) is 6.92 Å². The van der Waals surface area contributed by atoms with E-state index in [1.54, 1.807) is 48.1 Å². The molecule has 5 rings (SSSR count). The van der Waals surface area contributed by atoms with E-state index in [1.807, 2.05) is 12.1 Å². The molecule has 0 saturated carbocycles. The van der Waals surface area contributed by atoms with Crippen molar-refractivity contribution < 1.29 is 9.53 Å². The molecule has 0 atom stereocenters. The Bertz CT molecular complexity index is 1780. The van der Waals surface area contributed by atoms with Crippen LogP contribution < -0.4 is 20.9 Å². The highest BCUT2D eigenvalue weighted by Gasteiger charge is 2.21. The van der Waals surface area contributed by atoms with Crippen LogP contribution in [0.15, 0.2) is 66.2 Å². The maximum Gasteiger partial charge on any atom is 0.324 e. The van der Waals surface area contributed by atoms with Gasteiger partial charge in [0.25, 0.3) is 5.56 Å². The van der Waals surface area contributed by atoms with E-state index in [1.165, 1.54) is 6.20 Å². The minimum atomic E-state index is -0.440. The smallest absolute Gasteiger partial charge is 0.324 e. The molecule has 3 N–H and O–H groups in total. The first kappa shape index (κ1) is 25.6. The van der Waals surface area contributed by atoms with E-state index in [0.29, 0.717) is 57.3 Å². The van der Waals surface area contributed by atoms with Crippen LogP contribution in [-0.4, -0.2) is 35.7 Å². The van der Waals surface area contributed by atoms with Gasteiger partial charge in [-0.1, -0.05) is 26.8 Å². The molecule has 39 heavy (non-hydrogen) atoms. The third-order valence-corrected chi connectivity index (χ3v) is 6.02. The number of H-pyrrole nitrogens is 1. The Morgan fingerprint density at radius 2 is 1.92 bits per heavy atom. The van der Waals surface area contributed by atoms with Crippen LogP contribution in [0.25, 0.3) is 22.1 Å². The molecule has 5 aromatic rings. The molecule has 198 valence electrons. The molecule has 0 unspecified atom stereocenters. The van der Waals surface area contributed by atoms with Gasteiger partial charge in [-0.25, -0.2) is 19.4 Å². The second-order valence-electron chi connectivity index (χ2n) is 9.99. The number of ether oxygens (including phenoxy) is 1. The van der Waals surface area contributed by atoms with Crippen LogP contribution in [0.3, 0.4) is 0 Å². The number of fused-ring (bicyclic) bond motifs is 2. The van der Waals surface area contributed by atoms with Gasteiger partial charge in [-0.3, -0.25) is 15.1 Å². The van der Waals surface area contributed by atoms with Gasteiger partial charge in [0.05, 0.1) is 23.4 Å². The fraction of sp³-hybridized carbons (Fsp3) is 0.214. The van der Waals surface area contributed by atoms with E-state index < -0.39 is 6.03 Å². The van der Waals surface area contributed by atoms with Gasteiger partial charge in [0.15, 0.2) is 11.4 Å². The molecule has 0 fully saturated rings. The largest absolute Gasteiger partial charge is 0.454 e. The van der Waals surface area contributed by atoms with Crippen LogP contribution in [0.4, 0.5) is 16.3 Å². The van der Waals surface area contributed by atoms with Crippen molar-refractivity contribution >= 4 is 39.6 Å². The molecule has 0 spiro atoms. The number of pyridine rings is 2. The summed E-state index contributed by atoms with van der Waals surface area (Å²) in [4.78, 5) is 40.7. The highest BCUT2D eigenvalue weighted by atomic mass is 16.5. The number of hydrogen-bond acceptors (Lipinski definition) is 7. The van der Waals surface area contributed by atoms with Crippen molar-refractivity contribution in [2.24, 2.45) is 0 Å². The average molecular weight is 525 g/mol.